The van der Waals surface area contributed by atoms with Crippen molar-refractivity contribution in [2.45, 2.75) is 25.6 Å². The molecule has 3 N–H and O–H groups in total. The van der Waals surface area contributed by atoms with Crippen molar-refractivity contribution >= 4 is 17.5 Å². The summed E-state index contributed by atoms with van der Waals surface area (Å²) in [6.45, 7) is 2.89. The van der Waals surface area contributed by atoms with Crippen molar-refractivity contribution in [2.75, 3.05) is 18.0 Å². The zero-order valence-corrected chi connectivity index (χ0v) is 14.0. The molecule has 1 aromatic carbocycles. The van der Waals surface area contributed by atoms with Crippen LogP contribution in [-0.4, -0.2) is 46.8 Å². The van der Waals surface area contributed by atoms with Crippen molar-refractivity contribution < 1.29 is 14.3 Å². The maximum atomic E-state index is 12.7. The first-order valence-electron chi connectivity index (χ1n) is 8.11. The van der Waals surface area contributed by atoms with Crippen LogP contribution in [0.15, 0.2) is 42.7 Å². The largest absolute Gasteiger partial charge is 0.477 e. The molecule has 2 atom stereocenters. The molecule has 0 aliphatic carbocycles. The van der Waals surface area contributed by atoms with Gasteiger partial charge in [0.15, 0.2) is 6.10 Å². The highest BCUT2D eigenvalue weighted by Gasteiger charge is 2.32. The van der Waals surface area contributed by atoms with Crippen LogP contribution in [0.5, 0.6) is 5.75 Å². The van der Waals surface area contributed by atoms with Crippen molar-refractivity contribution in [3.8, 4) is 5.75 Å². The Bertz CT molecular complexity index is 747. The standard InChI is InChI=1S/C17H21N5O3/c1-12(10-21-8-4-7-20-21)19-9-16(23)22-11-15(17(18)24)25-14-6-3-2-5-13(14)22/h2-8,12,15,19H,9-11H2,1H3,(H2,18,24). The number of hydrogen-bond donors (Lipinski definition) is 2. The van der Waals surface area contributed by atoms with Crippen molar-refractivity contribution in [3.05, 3.63) is 42.7 Å². The van der Waals surface area contributed by atoms with Crippen LogP contribution in [0.25, 0.3) is 0 Å². The summed E-state index contributed by atoms with van der Waals surface area (Å²) >= 11 is 0. The molecule has 1 aliphatic rings. The van der Waals surface area contributed by atoms with E-state index in [4.69, 9.17) is 10.5 Å². The molecule has 2 heterocycles. The van der Waals surface area contributed by atoms with Crippen LogP contribution in [0.1, 0.15) is 6.92 Å². The van der Waals surface area contributed by atoms with E-state index in [-0.39, 0.29) is 25.0 Å². The fraction of sp³-hybridized carbons (Fsp3) is 0.353. The van der Waals surface area contributed by atoms with Crippen molar-refractivity contribution in [1.29, 1.82) is 0 Å². The van der Waals surface area contributed by atoms with Gasteiger partial charge in [-0.05, 0) is 25.1 Å². The van der Waals surface area contributed by atoms with Gasteiger partial charge in [0.2, 0.25) is 5.91 Å². The zero-order chi connectivity index (χ0) is 17.8. The first kappa shape index (κ1) is 17.0. The third-order valence-corrected chi connectivity index (χ3v) is 4.01. The first-order chi connectivity index (χ1) is 12.0. The summed E-state index contributed by atoms with van der Waals surface area (Å²) in [5.41, 5.74) is 6.00. The molecule has 0 saturated carbocycles. The Kier molecular flexibility index (Phi) is 4.99. The molecular formula is C17H21N5O3. The number of amides is 2. The van der Waals surface area contributed by atoms with Crippen molar-refractivity contribution in [3.63, 3.8) is 0 Å². The number of fused-ring (bicyclic) bond motifs is 1. The number of carbonyl (C=O) groups is 2. The second kappa shape index (κ2) is 7.35. The van der Waals surface area contributed by atoms with Crippen molar-refractivity contribution in [1.82, 2.24) is 15.1 Å². The van der Waals surface area contributed by atoms with Gasteiger partial charge in [-0.3, -0.25) is 14.3 Å². The molecule has 1 aromatic heterocycles. The topological polar surface area (TPSA) is 102 Å². The number of nitrogens with one attached hydrogen (secondary N) is 1. The zero-order valence-electron chi connectivity index (χ0n) is 14.0. The lowest BCUT2D eigenvalue weighted by molar-refractivity contribution is -0.125. The second-order valence-corrected chi connectivity index (χ2v) is 5.99. The van der Waals surface area contributed by atoms with E-state index in [9.17, 15) is 9.59 Å². The molecule has 1 aliphatic heterocycles. The van der Waals surface area contributed by atoms with E-state index in [1.165, 1.54) is 0 Å². The predicted octanol–water partition coefficient (Wildman–Crippen LogP) is 0.141. The van der Waals surface area contributed by atoms with Crippen molar-refractivity contribution in [2.24, 2.45) is 5.73 Å². The smallest absolute Gasteiger partial charge is 0.260 e. The van der Waals surface area contributed by atoms with Gasteiger partial charge in [-0.15, -0.1) is 0 Å². The number of rotatable bonds is 6. The Morgan fingerprint density at radius 1 is 1.40 bits per heavy atom. The number of hydrogen-bond acceptors (Lipinski definition) is 5. The highest BCUT2D eigenvalue weighted by Crippen LogP contribution is 2.32. The number of ether oxygens (including phenoxy) is 1. The van der Waals surface area contributed by atoms with Gasteiger partial charge in [0.1, 0.15) is 5.75 Å². The van der Waals surface area contributed by atoms with E-state index >= 15 is 0 Å². The predicted molar refractivity (Wildman–Crippen MR) is 92.1 cm³/mol. The van der Waals surface area contributed by atoms with Crippen LogP contribution in [0.4, 0.5) is 5.69 Å². The third kappa shape index (κ3) is 3.97. The summed E-state index contributed by atoms with van der Waals surface area (Å²) in [5, 5.41) is 7.33. The number of nitrogens with two attached hydrogens (primary N) is 1. The summed E-state index contributed by atoms with van der Waals surface area (Å²) in [4.78, 5) is 25.7. The van der Waals surface area contributed by atoms with E-state index in [1.807, 2.05) is 25.3 Å². The molecule has 2 amide bonds. The summed E-state index contributed by atoms with van der Waals surface area (Å²) < 4.78 is 7.37. The minimum atomic E-state index is -0.847. The van der Waals surface area contributed by atoms with Crippen LogP contribution < -0.4 is 20.7 Å². The Balaban J connectivity index is 1.65. The number of aromatic nitrogens is 2. The second-order valence-electron chi connectivity index (χ2n) is 5.99. The number of para-hydroxylation sites is 2. The number of carbonyl (C=O) groups excluding carboxylic acids is 2. The molecule has 0 spiro atoms. The minimum Gasteiger partial charge on any atom is -0.477 e. The van der Waals surface area contributed by atoms with E-state index in [1.54, 1.807) is 34.0 Å². The van der Waals surface area contributed by atoms with Crippen LogP contribution in [0.2, 0.25) is 0 Å². The number of benzene rings is 1. The lowest BCUT2D eigenvalue weighted by Gasteiger charge is -2.33. The SMILES string of the molecule is CC(Cn1cccn1)NCC(=O)N1CC(C(N)=O)Oc2ccccc21. The molecule has 8 nitrogen and oxygen atoms in total. The van der Waals surface area contributed by atoms with Crippen LogP contribution >= 0.6 is 0 Å². The quantitative estimate of drug-likeness (QED) is 0.777. The van der Waals surface area contributed by atoms with E-state index in [2.05, 4.69) is 10.4 Å². The summed E-state index contributed by atoms with van der Waals surface area (Å²) in [5.74, 6) is -0.253. The van der Waals surface area contributed by atoms with Gasteiger partial charge < -0.3 is 20.7 Å². The lowest BCUT2D eigenvalue weighted by Crippen LogP contribution is -2.51. The molecule has 3 rings (SSSR count). The number of nitrogens with zero attached hydrogens (tertiary/aromatic N) is 3. The van der Waals surface area contributed by atoms with Crippen LogP contribution in [0, 0.1) is 0 Å². The van der Waals surface area contributed by atoms with E-state index in [0.29, 0.717) is 18.0 Å². The van der Waals surface area contributed by atoms with Gasteiger partial charge in [0.25, 0.3) is 5.91 Å². The Morgan fingerprint density at radius 2 is 2.20 bits per heavy atom. The van der Waals surface area contributed by atoms with Crippen LogP contribution in [-0.2, 0) is 16.1 Å². The molecule has 8 heteroatoms. The molecule has 0 radical (unpaired) electrons. The minimum absolute atomic E-state index is 0.0621. The van der Waals surface area contributed by atoms with Gasteiger partial charge in [0, 0.05) is 18.4 Å². The third-order valence-electron chi connectivity index (χ3n) is 4.01. The van der Waals surface area contributed by atoms with Gasteiger partial charge >= 0.3 is 0 Å². The molecule has 25 heavy (non-hydrogen) atoms. The molecular weight excluding hydrogens is 322 g/mol. The molecule has 2 unspecified atom stereocenters. The molecule has 132 valence electrons. The van der Waals surface area contributed by atoms with Gasteiger partial charge in [-0.1, -0.05) is 12.1 Å². The molecule has 2 aromatic rings. The molecule has 0 fully saturated rings. The summed E-state index contributed by atoms with van der Waals surface area (Å²) in [7, 11) is 0. The van der Waals surface area contributed by atoms with Gasteiger partial charge in [-0.25, -0.2) is 0 Å². The maximum Gasteiger partial charge on any atom is 0.260 e. The lowest BCUT2D eigenvalue weighted by atomic mass is 10.1. The fourth-order valence-corrected chi connectivity index (χ4v) is 2.73. The molecule has 0 bridgehead atoms. The van der Waals surface area contributed by atoms with E-state index < -0.39 is 12.0 Å². The fourth-order valence-electron chi connectivity index (χ4n) is 2.73. The average molecular weight is 343 g/mol. The highest BCUT2D eigenvalue weighted by molar-refractivity contribution is 5.98. The van der Waals surface area contributed by atoms with Crippen LogP contribution in [0.3, 0.4) is 0 Å². The van der Waals surface area contributed by atoms with E-state index in [0.717, 1.165) is 0 Å². The summed E-state index contributed by atoms with van der Waals surface area (Å²) in [6, 6.07) is 9.03. The normalized spacial score (nSPS) is 17.5. The van der Waals surface area contributed by atoms with Gasteiger partial charge in [0.05, 0.1) is 25.3 Å². The van der Waals surface area contributed by atoms with Gasteiger partial charge in [-0.2, -0.15) is 5.10 Å². The average Bonchev–Trinajstić information content (AvgIpc) is 3.11. The first-order valence-corrected chi connectivity index (χ1v) is 8.11. The monoisotopic (exact) mass is 343 g/mol. The Hall–Kier alpha value is -2.87. The Labute approximate surface area is 145 Å². The number of anilines is 1. The highest BCUT2D eigenvalue weighted by atomic mass is 16.5. The Morgan fingerprint density at radius 3 is 2.92 bits per heavy atom. The number of primary amides is 1. The molecule has 0 saturated heterocycles. The maximum absolute atomic E-state index is 12.7. The summed E-state index contributed by atoms with van der Waals surface area (Å²) in [6.07, 6.45) is 2.74.